The molecule has 4 nitrogen and oxygen atoms in total. The normalized spacial score (nSPS) is 13.7. The van der Waals surface area contributed by atoms with Crippen LogP contribution in [0, 0.1) is 0 Å². The van der Waals surface area contributed by atoms with E-state index in [0.29, 0.717) is 25.3 Å². The number of hydrogen-bond donors (Lipinski definition) is 0. The van der Waals surface area contributed by atoms with Crippen LogP contribution < -0.4 is 9.47 Å². The Morgan fingerprint density at radius 1 is 1.19 bits per heavy atom. The number of alkyl halides is 2. The van der Waals surface area contributed by atoms with Crippen molar-refractivity contribution in [1.29, 1.82) is 0 Å². The second kappa shape index (κ2) is 8.66. The van der Waals surface area contributed by atoms with Crippen LogP contribution in [0.15, 0.2) is 48.5 Å². The highest BCUT2D eigenvalue weighted by Gasteiger charge is 2.18. The molecular formula is C21H21F2NO3. The maximum absolute atomic E-state index is 12.5. The lowest BCUT2D eigenvalue weighted by Crippen LogP contribution is -2.34. The van der Waals surface area contributed by atoms with E-state index in [4.69, 9.17) is 4.74 Å². The fourth-order valence-electron chi connectivity index (χ4n) is 3.05. The van der Waals surface area contributed by atoms with E-state index < -0.39 is 6.61 Å². The van der Waals surface area contributed by atoms with Gasteiger partial charge in [-0.25, -0.2) is 0 Å². The first-order valence-corrected chi connectivity index (χ1v) is 8.82. The summed E-state index contributed by atoms with van der Waals surface area (Å²) in [6.45, 7) is 0.413. The third-order valence-electron chi connectivity index (χ3n) is 4.34. The van der Waals surface area contributed by atoms with E-state index in [1.54, 1.807) is 30.0 Å². The molecule has 0 unspecified atom stereocenters. The molecule has 0 N–H and O–H groups in total. The number of amides is 1. The standard InChI is InChI=1S/C21H21F2NO3/c1-2-26-19-13-15(7-9-18(19)27-21(22)23)8-10-20(25)24-12-11-16-5-3-4-6-17(16)14-24/h3-10,13,21H,2,11-12,14H2,1H3/b10-8+. The number of nitrogens with zero attached hydrogens (tertiary/aromatic N) is 1. The second-order valence-corrected chi connectivity index (χ2v) is 6.13. The molecule has 27 heavy (non-hydrogen) atoms. The molecule has 0 aliphatic carbocycles. The van der Waals surface area contributed by atoms with Gasteiger partial charge in [-0.2, -0.15) is 8.78 Å². The van der Waals surface area contributed by atoms with Crippen LogP contribution in [0.25, 0.3) is 6.08 Å². The molecule has 0 saturated carbocycles. The molecule has 0 radical (unpaired) electrons. The van der Waals surface area contributed by atoms with Gasteiger partial charge in [0.25, 0.3) is 0 Å². The first-order chi connectivity index (χ1) is 13.1. The molecule has 0 spiro atoms. The smallest absolute Gasteiger partial charge is 0.387 e. The predicted molar refractivity (Wildman–Crippen MR) is 98.8 cm³/mol. The van der Waals surface area contributed by atoms with E-state index in [2.05, 4.69) is 10.8 Å². The van der Waals surface area contributed by atoms with Gasteiger partial charge in [-0.05, 0) is 48.2 Å². The lowest BCUT2D eigenvalue weighted by molar-refractivity contribution is -0.126. The van der Waals surface area contributed by atoms with Crippen LogP contribution in [-0.2, 0) is 17.8 Å². The van der Waals surface area contributed by atoms with Gasteiger partial charge in [0.1, 0.15) is 0 Å². The van der Waals surface area contributed by atoms with Crippen LogP contribution >= 0.6 is 0 Å². The highest BCUT2D eigenvalue weighted by atomic mass is 19.3. The average molecular weight is 373 g/mol. The van der Waals surface area contributed by atoms with Crippen LogP contribution in [0.4, 0.5) is 8.78 Å². The van der Waals surface area contributed by atoms with Crippen molar-refractivity contribution in [3.05, 3.63) is 65.2 Å². The summed E-state index contributed by atoms with van der Waals surface area (Å²) in [4.78, 5) is 14.3. The molecule has 6 heteroatoms. The third-order valence-corrected chi connectivity index (χ3v) is 4.34. The van der Waals surface area contributed by atoms with Gasteiger partial charge in [0.05, 0.1) is 6.61 Å². The summed E-state index contributed by atoms with van der Waals surface area (Å²) < 4.78 is 34.7. The number of halogens is 2. The van der Waals surface area contributed by atoms with Crippen molar-refractivity contribution < 1.29 is 23.0 Å². The van der Waals surface area contributed by atoms with Crippen LogP contribution in [0.3, 0.4) is 0 Å². The fraction of sp³-hybridized carbons (Fsp3) is 0.286. The molecule has 0 aromatic heterocycles. The number of rotatable bonds is 6. The van der Waals surface area contributed by atoms with Crippen molar-refractivity contribution in [3.63, 3.8) is 0 Å². The Labute approximate surface area is 157 Å². The van der Waals surface area contributed by atoms with Crippen molar-refractivity contribution in [3.8, 4) is 11.5 Å². The molecule has 3 rings (SSSR count). The first-order valence-electron chi connectivity index (χ1n) is 8.82. The Kier molecular flexibility index (Phi) is 6.06. The van der Waals surface area contributed by atoms with Gasteiger partial charge >= 0.3 is 6.61 Å². The van der Waals surface area contributed by atoms with Gasteiger partial charge in [-0.3, -0.25) is 4.79 Å². The fourth-order valence-corrected chi connectivity index (χ4v) is 3.05. The van der Waals surface area contributed by atoms with Crippen LogP contribution in [0.2, 0.25) is 0 Å². The Hall–Kier alpha value is -2.89. The summed E-state index contributed by atoms with van der Waals surface area (Å²) in [5.41, 5.74) is 3.12. The minimum absolute atomic E-state index is 0.0250. The zero-order valence-electron chi connectivity index (χ0n) is 15.0. The summed E-state index contributed by atoms with van der Waals surface area (Å²) >= 11 is 0. The van der Waals surface area contributed by atoms with Gasteiger partial charge in [-0.15, -0.1) is 0 Å². The molecule has 0 fully saturated rings. The molecule has 0 saturated heterocycles. The molecule has 2 aromatic carbocycles. The molecule has 142 valence electrons. The number of benzene rings is 2. The minimum Gasteiger partial charge on any atom is -0.490 e. The summed E-state index contributed by atoms with van der Waals surface area (Å²) in [7, 11) is 0. The lowest BCUT2D eigenvalue weighted by Gasteiger charge is -2.27. The SMILES string of the molecule is CCOc1cc(/C=C/C(=O)N2CCc3ccccc3C2)ccc1OC(F)F. The highest BCUT2D eigenvalue weighted by molar-refractivity contribution is 5.92. The third kappa shape index (κ3) is 4.84. The van der Waals surface area contributed by atoms with Crippen molar-refractivity contribution in [2.45, 2.75) is 26.5 Å². The zero-order chi connectivity index (χ0) is 19.2. The predicted octanol–water partition coefficient (Wildman–Crippen LogP) is 4.28. The van der Waals surface area contributed by atoms with Crippen molar-refractivity contribution in [2.24, 2.45) is 0 Å². The van der Waals surface area contributed by atoms with Gasteiger partial charge in [0.15, 0.2) is 11.5 Å². The maximum atomic E-state index is 12.5. The van der Waals surface area contributed by atoms with Crippen molar-refractivity contribution in [1.82, 2.24) is 4.90 Å². The van der Waals surface area contributed by atoms with Crippen LogP contribution in [0.5, 0.6) is 11.5 Å². The Bertz CT molecular complexity index is 836. The zero-order valence-corrected chi connectivity index (χ0v) is 15.0. The maximum Gasteiger partial charge on any atom is 0.387 e. The Morgan fingerprint density at radius 2 is 1.96 bits per heavy atom. The second-order valence-electron chi connectivity index (χ2n) is 6.13. The van der Waals surface area contributed by atoms with E-state index >= 15 is 0 Å². The summed E-state index contributed by atoms with van der Waals surface area (Å²) in [5.74, 6) is 0.109. The van der Waals surface area contributed by atoms with Crippen molar-refractivity contribution >= 4 is 12.0 Å². The molecule has 1 heterocycles. The van der Waals surface area contributed by atoms with Gasteiger partial charge in [0, 0.05) is 19.2 Å². The van der Waals surface area contributed by atoms with Gasteiger partial charge in [0.2, 0.25) is 5.91 Å². The molecule has 1 aliphatic heterocycles. The van der Waals surface area contributed by atoms with Gasteiger partial charge < -0.3 is 14.4 Å². The van der Waals surface area contributed by atoms with E-state index in [0.717, 1.165) is 12.0 Å². The van der Waals surface area contributed by atoms with E-state index in [1.165, 1.54) is 17.7 Å². The summed E-state index contributed by atoms with van der Waals surface area (Å²) in [6, 6.07) is 12.7. The topological polar surface area (TPSA) is 38.8 Å². The number of fused-ring (bicyclic) bond motifs is 1. The number of hydrogen-bond acceptors (Lipinski definition) is 3. The average Bonchev–Trinajstić information content (AvgIpc) is 2.67. The molecule has 1 amide bonds. The summed E-state index contributed by atoms with van der Waals surface area (Å²) in [5, 5.41) is 0. The first kappa shape index (κ1) is 18.9. The van der Waals surface area contributed by atoms with E-state index in [9.17, 15) is 13.6 Å². The van der Waals surface area contributed by atoms with Crippen LogP contribution in [-0.4, -0.2) is 30.6 Å². The number of carbonyl (C=O) groups is 1. The molecule has 1 aliphatic rings. The minimum atomic E-state index is -2.92. The molecule has 0 bridgehead atoms. The van der Waals surface area contributed by atoms with E-state index in [-0.39, 0.29) is 17.4 Å². The molecule has 2 aromatic rings. The largest absolute Gasteiger partial charge is 0.490 e. The van der Waals surface area contributed by atoms with Crippen LogP contribution in [0.1, 0.15) is 23.6 Å². The molecule has 0 atom stereocenters. The van der Waals surface area contributed by atoms with E-state index in [1.807, 2.05) is 18.2 Å². The monoisotopic (exact) mass is 373 g/mol. The number of carbonyl (C=O) groups excluding carboxylic acids is 1. The quantitative estimate of drug-likeness (QED) is 0.710. The summed E-state index contributed by atoms with van der Waals surface area (Å²) in [6.07, 6.45) is 3.98. The Morgan fingerprint density at radius 3 is 2.70 bits per heavy atom. The Balaban J connectivity index is 1.70. The van der Waals surface area contributed by atoms with Gasteiger partial charge in [-0.1, -0.05) is 30.3 Å². The molecular weight excluding hydrogens is 352 g/mol. The highest BCUT2D eigenvalue weighted by Crippen LogP contribution is 2.30. The number of ether oxygens (including phenoxy) is 2. The van der Waals surface area contributed by atoms with Crippen molar-refractivity contribution in [2.75, 3.05) is 13.2 Å². The lowest BCUT2D eigenvalue weighted by atomic mass is 10.00.